The van der Waals surface area contributed by atoms with Crippen LogP contribution in [0.1, 0.15) is 76.2 Å². The SMILES string of the molecule is CCn1ncc2c(N3CCCS3(O)O)cc(C(=O)N[C@@H](Cc3ccccc3)[C@@H](O)CNC(C)(C)CCCC(C)C)cc21. The van der Waals surface area contributed by atoms with E-state index in [1.54, 1.807) is 27.3 Å². The Kier molecular flexibility index (Phi) is 10.6. The Labute approximate surface area is 252 Å². The van der Waals surface area contributed by atoms with Crippen molar-refractivity contribution in [1.82, 2.24) is 20.4 Å². The summed E-state index contributed by atoms with van der Waals surface area (Å²) >= 11 is 0. The van der Waals surface area contributed by atoms with Gasteiger partial charge in [0, 0.05) is 36.1 Å². The fourth-order valence-electron chi connectivity index (χ4n) is 5.65. The fraction of sp³-hybridized carbons (Fsp3) is 0.562. The summed E-state index contributed by atoms with van der Waals surface area (Å²) in [5.74, 6) is 0.637. The fourth-order valence-corrected chi connectivity index (χ4v) is 7.28. The van der Waals surface area contributed by atoms with Crippen molar-refractivity contribution in [2.45, 2.75) is 91.0 Å². The molecule has 1 amide bonds. The number of aryl methyl sites for hydroxylation is 1. The summed E-state index contributed by atoms with van der Waals surface area (Å²) in [5, 5.41) is 23.3. The Morgan fingerprint density at radius 1 is 1.17 bits per heavy atom. The van der Waals surface area contributed by atoms with E-state index in [0.717, 1.165) is 35.7 Å². The number of amides is 1. The lowest BCUT2D eigenvalue weighted by molar-refractivity contribution is 0.0812. The first-order chi connectivity index (χ1) is 19.9. The highest BCUT2D eigenvalue weighted by Crippen LogP contribution is 2.52. The molecule has 1 saturated heterocycles. The van der Waals surface area contributed by atoms with E-state index in [1.165, 1.54) is 0 Å². The number of β-amino-alcohol motifs (C(OH)–C–C–N with tert-alkyl or cyclic N) is 1. The molecule has 4 rings (SSSR count). The van der Waals surface area contributed by atoms with Crippen LogP contribution in [0.25, 0.3) is 10.9 Å². The lowest BCUT2D eigenvalue weighted by Gasteiger charge is -2.38. The predicted molar refractivity (Wildman–Crippen MR) is 173 cm³/mol. The molecule has 2 aromatic carbocycles. The third-order valence-corrected chi connectivity index (χ3v) is 10.1. The number of aliphatic hydroxyl groups is 1. The molecule has 0 aliphatic carbocycles. The molecule has 1 aliphatic rings. The number of anilines is 1. The van der Waals surface area contributed by atoms with E-state index in [9.17, 15) is 19.0 Å². The van der Waals surface area contributed by atoms with Crippen LogP contribution >= 0.6 is 10.8 Å². The first-order valence-electron chi connectivity index (χ1n) is 15.2. The molecule has 1 fully saturated rings. The smallest absolute Gasteiger partial charge is 0.251 e. The van der Waals surface area contributed by atoms with Crippen molar-refractivity contribution in [3.8, 4) is 0 Å². The average Bonchev–Trinajstić information content (AvgIpc) is 3.53. The van der Waals surface area contributed by atoms with Gasteiger partial charge in [-0.3, -0.25) is 22.9 Å². The van der Waals surface area contributed by atoms with Crippen molar-refractivity contribution in [1.29, 1.82) is 0 Å². The van der Waals surface area contributed by atoms with E-state index < -0.39 is 22.9 Å². The molecular formula is C32H49N5O4S. The molecule has 232 valence electrons. The highest BCUT2D eigenvalue weighted by atomic mass is 32.3. The van der Waals surface area contributed by atoms with Crippen molar-refractivity contribution in [3.05, 3.63) is 59.8 Å². The van der Waals surface area contributed by atoms with Gasteiger partial charge in [-0.25, -0.2) is 0 Å². The number of rotatable bonds is 14. The normalized spacial score (nSPS) is 17.5. The van der Waals surface area contributed by atoms with E-state index >= 15 is 0 Å². The minimum Gasteiger partial charge on any atom is -0.390 e. The number of fused-ring (bicyclic) bond motifs is 1. The van der Waals surface area contributed by atoms with Crippen LogP contribution in [-0.4, -0.2) is 66.4 Å². The van der Waals surface area contributed by atoms with E-state index in [-0.39, 0.29) is 11.4 Å². The highest BCUT2D eigenvalue weighted by molar-refractivity contribution is 8.25. The second-order valence-corrected chi connectivity index (χ2v) is 14.7. The Hall–Kier alpha value is -2.63. The summed E-state index contributed by atoms with van der Waals surface area (Å²) < 4.78 is 24.9. The van der Waals surface area contributed by atoms with E-state index in [1.807, 2.05) is 37.3 Å². The molecule has 2 heterocycles. The van der Waals surface area contributed by atoms with Crippen molar-refractivity contribution in [2.75, 3.05) is 23.1 Å². The van der Waals surface area contributed by atoms with Gasteiger partial charge in [0.1, 0.15) is 0 Å². The maximum Gasteiger partial charge on any atom is 0.251 e. The molecule has 10 heteroatoms. The van der Waals surface area contributed by atoms with Gasteiger partial charge in [-0.1, -0.05) is 57.0 Å². The zero-order valence-corrected chi connectivity index (χ0v) is 26.5. The van der Waals surface area contributed by atoms with Gasteiger partial charge in [0.25, 0.3) is 5.91 Å². The molecule has 0 unspecified atom stereocenters. The lowest BCUT2D eigenvalue weighted by atomic mass is 9.93. The molecule has 3 aromatic rings. The third-order valence-electron chi connectivity index (χ3n) is 8.16. The lowest BCUT2D eigenvalue weighted by Crippen LogP contribution is -2.52. The first kappa shape index (κ1) is 32.3. The van der Waals surface area contributed by atoms with Crippen LogP contribution in [0.5, 0.6) is 0 Å². The van der Waals surface area contributed by atoms with Gasteiger partial charge >= 0.3 is 0 Å². The van der Waals surface area contributed by atoms with E-state index in [0.29, 0.717) is 55.4 Å². The summed E-state index contributed by atoms with van der Waals surface area (Å²) in [6.45, 7) is 12.2. The molecule has 9 nitrogen and oxygen atoms in total. The van der Waals surface area contributed by atoms with Crippen LogP contribution in [0.15, 0.2) is 48.7 Å². The van der Waals surface area contributed by atoms with Gasteiger partial charge in [-0.05, 0) is 63.6 Å². The molecule has 5 N–H and O–H groups in total. The van der Waals surface area contributed by atoms with Gasteiger partial charge in [0.15, 0.2) is 0 Å². The van der Waals surface area contributed by atoms with Crippen LogP contribution < -0.4 is 14.9 Å². The number of aromatic nitrogens is 2. The first-order valence-corrected chi connectivity index (χ1v) is 16.9. The number of hydrogen-bond donors (Lipinski definition) is 5. The number of aliphatic hydroxyl groups excluding tert-OH is 1. The Balaban J connectivity index is 1.58. The van der Waals surface area contributed by atoms with E-state index in [2.05, 4.69) is 43.4 Å². The maximum absolute atomic E-state index is 13.8. The summed E-state index contributed by atoms with van der Waals surface area (Å²) in [6, 6.07) is 12.8. The number of nitrogens with zero attached hydrogens (tertiary/aromatic N) is 3. The average molecular weight is 600 g/mol. The van der Waals surface area contributed by atoms with Gasteiger partial charge in [0.2, 0.25) is 0 Å². The molecule has 1 aliphatic heterocycles. The molecule has 0 spiro atoms. The standard InChI is InChI=1S/C32H49N5O4S/c1-6-36-28-19-25(20-29(26(28)21-34-36)37-16-11-17-42(37,40)41)31(39)35-27(18-24-13-8-7-9-14-24)30(38)22-33-32(4,5)15-10-12-23(2)3/h7-9,13-14,19-21,23,27,30,33,38,40-41H,6,10-12,15-18,22H2,1-5H3,(H,35,39)/t27-,30-/m0/s1. The third kappa shape index (κ3) is 8.05. The van der Waals surface area contributed by atoms with Crippen molar-refractivity contribution >= 4 is 33.3 Å². The maximum atomic E-state index is 13.8. The molecule has 1 aromatic heterocycles. The quantitative estimate of drug-likeness (QED) is 0.158. The predicted octanol–water partition coefficient (Wildman–Crippen LogP) is 5.83. The second-order valence-electron chi connectivity index (χ2n) is 12.6. The monoisotopic (exact) mass is 599 g/mol. The van der Waals surface area contributed by atoms with Crippen molar-refractivity contribution in [2.24, 2.45) is 5.92 Å². The van der Waals surface area contributed by atoms with E-state index in [4.69, 9.17) is 0 Å². The van der Waals surface area contributed by atoms with Crippen molar-refractivity contribution < 1.29 is 19.0 Å². The zero-order valence-electron chi connectivity index (χ0n) is 25.7. The summed E-state index contributed by atoms with van der Waals surface area (Å²) in [6.07, 6.45) is 5.30. The van der Waals surface area contributed by atoms with Gasteiger partial charge in [-0.15, -0.1) is 10.8 Å². The van der Waals surface area contributed by atoms with Crippen LogP contribution in [0.2, 0.25) is 0 Å². The molecular weight excluding hydrogens is 550 g/mol. The molecule has 42 heavy (non-hydrogen) atoms. The number of carbonyl (C=O) groups excluding carboxylic acids is 1. The summed E-state index contributed by atoms with van der Waals surface area (Å²) in [7, 11) is -2.97. The van der Waals surface area contributed by atoms with Crippen LogP contribution in [0, 0.1) is 5.92 Å². The Morgan fingerprint density at radius 2 is 1.90 bits per heavy atom. The molecule has 0 radical (unpaired) electrons. The van der Waals surface area contributed by atoms with Crippen molar-refractivity contribution in [3.63, 3.8) is 0 Å². The number of nitrogens with one attached hydrogen (secondary N) is 2. The van der Waals surface area contributed by atoms with Gasteiger partial charge in [0.05, 0.1) is 35.3 Å². The van der Waals surface area contributed by atoms with Crippen LogP contribution in [0.3, 0.4) is 0 Å². The largest absolute Gasteiger partial charge is 0.390 e. The molecule has 0 bridgehead atoms. The number of hydrogen-bond acceptors (Lipinski definition) is 7. The molecule has 2 atom stereocenters. The number of carbonyl (C=O) groups is 1. The molecule has 0 saturated carbocycles. The topological polar surface area (TPSA) is 123 Å². The van der Waals surface area contributed by atoms with Gasteiger partial charge < -0.3 is 15.7 Å². The highest BCUT2D eigenvalue weighted by Gasteiger charge is 2.32. The minimum atomic E-state index is -2.97. The summed E-state index contributed by atoms with van der Waals surface area (Å²) in [4.78, 5) is 13.8. The Bertz CT molecular complexity index is 1330. The van der Waals surface area contributed by atoms with Crippen LogP contribution in [-0.2, 0) is 13.0 Å². The minimum absolute atomic E-state index is 0.144. The zero-order chi connectivity index (χ0) is 30.5. The van der Waals surface area contributed by atoms with Crippen LogP contribution in [0.4, 0.5) is 5.69 Å². The summed E-state index contributed by atoms with van der Waals surface area (Å²) in [5.41, 5.74) is 2.62. The second kappa shape index (κ2) is 13.8. The Morgan fingerprint density at radius 3 is 2.55 bits per heavy atom. The van der Waals surface area contributed by atoms with Gasteiger partial charge in [-0.2, -0.15) is 5.10 Å². The number of benzene rings is 2.